The Morgan fingerprint density at radius 3 is 2.09 bits per heavy atom. The zero-order valence-corrected chi connectivity index (χ0v) is 14.0. The van der Waals surface area contributed by atoms with Gasteiger partial charge in [-0.2, -0.15) is 8.42 Å². The molecule has 0 aliphatic carbocycles. The van der Waals surface area contributed by atoms with Gasteiger partial charge in [-0.3, -0.25) is 4.79 Å². The number of benzene rings is 2. The molecule has 0 heterocycles. The van der Waals surface area contributed by atoms with Gasteiger partial charge in [0.25, 0.3) is 0 Å². The molecule has 0 spiro atoms. The first-order chi connectivity index (χ1) is 10.8. The van der Waals surface area contributed by atoms with Crippen LogP contribution in [0.1, 0.15) is 24.0 Å². The van der Waals surface area contributed by atoms with E-state index in [4.69, 9.17) is 4.18 Å². The molecule has 0 saturated carbocycles. The predicted molar refractivity (Wildman–Crippen MR) is 85.9 cm³/mol. The SMILES string of the molecule is COC(=O)C(C)c1ccc(OS(=O)(=O)c2ccc(C)cc2)cc1. The highest BCUT2D eigenvalue weighted by Crippen LogP contribution is 2.23. The Bertz CT molecular complexity index is 777. The lowest BCUT2D eigenvalue weighted by Crippen LogP contribution is -2.11. The van der Waals surface area contributed by atoms with E-state index in [1.165, 1.54) is 31.4 Å². The summed E-state index contributed by atoms with van der Waals surface area (Å²) in [5.74, 6) is -0.597. The van der Waals surface area contributed by atoms with E-state index in [2.05, 4.69) is 4.74 Å². The van der Waals surface area contributed by atoms with Gasteiger partial charge in [-0.15, -0.1) is 0 Å². The molecule has 0 amide bonds. The summed E-state index contributed by atoms with van der Waals surface area (Å²) in [7, 11) is -2.55. The number of hydrogen-bond acceptors (Lipinski definition) is 5. The average Bonchev–Trinajstić information content (AvgIpc) is 2.54. The molecular formula is C17H18O5S. The van der Waals surface area contributed by atoms with Gasteiger partial charge in [-0.1, -0.05) is 29.8 Å². The van der Waals surface area contributed by atoms with E-state index in [-0.39, 0.29) is 16.6 Å². The zero-order chi connectivity index (χ0) is 17.0. The van der Waals surface area contributed by atoms with E-state index in [1.807, 2.05) is 6.92 Å². The third kappa shape index (κ3) is 4.10. The molecule has 0 radical (unpaired) electrons. The molecule has 0 saturated heterocycles. The maximum atomic E-state index is 12.2. The van der Waals surface area contributed by atoms with Gasteiger partial charge in [0.05, 0.1) is 13.0 Å². The van der Waals surface area contributed by atoms with E-state index < -0.39 is 16.0 Å². The third-order valence-corrected chi connectivity index (χ3v) is 4.71. The number of carbonyl (C=O) groups excluding carboxylic acids is 1. The Morgan fingerprint density at radius 1 is 1.00 bits per heavy atom. The first kappa shape index (κ1) is 17.0. The molecular weight excluding hydrogens is 316 g/mol. The molecule has 5 nitrogen and oxygen atoms in total. The molecule has 23 heavy (non-hydrogen) atoms. The molecule has 0 N–H and O–H groups in total. The highest BCUT2D eigenvalue weighted by atomic mass is 32.2. The Kier molecular flexibility index (Phi) is 5.05. The van der Waals surface area contributed by atoms with Crippen molar-refractivity contribution in [2.24, 2.45) is 0 Å². The normalized spacial score (nSPS) is 12.5. The van der Waals surface area contributed by atoms with Crippen LogP contribution in [0.25, 0.3) is 0 Å². The minimum absolute atomic E-state index is 0.0927. The number of methoxy groups -OCH3 is 1. The molecule has 2 rings (SSSR count). The van der Waals surface area contributed by atoms with Crippen LogP contribution in [0.2, 0.25) is 0 Å². The first-order valence-electron chi connectivity index (χ1n) is 7.02. The van der Waals surface area contributed by atoms with Crippen LogP contribution in [0.3, 0.4) is 0 Å². The second-order valence-electron chi connectivity index (χ2n) is 5.16. The van der Waals surface area contributed by atoms with Crippen molar-refractivity contribution in [3.63, 3.8) is 0 Å². The summed E-state index contributed by atoms with van der Waals surface area (Å²) in [6.45, 7) is 3.59. The van der Waals surface area contributed by atoms with Crippen LogP contribution in [0, 0.1) is 6.92 Å². The largest absolute Gasteiger partial charge is 0.469 e. The maximum absolute atomic E-state index is 12.2. The van der Waals surface area contributed by atoms with Crippen LogP contribution in [0.15, 0.2) is 53.4 Å². The number of hydrogen-bond donors (Lipinski definition) is 0. The van der Waals surface area contributed by atoms with Gasteiger partial charge >= 0.3 is 16.1 Å². The summed E-state index contributed by atoms with van der Waals surface area (Å²) < 4.78 is 34.2. The maximum Gasteiger partial charge on any atom is 0.339 e. The highest BCUT2D eigenvalue weighted by Gasteiger charge is 2.18. The third-order valence-electron chi connectivity index (χ3n) is 3.45. The molecule has 0 aliphatic rings. The molecule has 0 bridgehead atoms. The Balaban J connectivity index is 2.17. The fourth-order valence-electron chi connectivity index (χ4n) is 2.00. The van der Waals surface area contributed by atoms with Gasteiger partial charge in [-0.25, -0.2) is 0 Å². The number of rotatable bonds is 5. The Labute approximate surface area is 136 Å². The Morgan fingerprint density at radius 2 is 1.57 bits per heavy atom. The highest BCUT2D eigenvalue weighted by molar-refractivity contribution is 7.87. The molecule has 0 aromatic heterocycles. The monoisotopic (exact) mass is 334 g/mol. The molecule has 0 fully saturated rings. The second-order valence-corrected chi connectivity index (χ2v) is 6.71. The van der Waals surface area contributed by atoms with Gasteiger partial charge in [0.15, 0.2) is 0 Å². The quantitative estimate of drug-likeness (QED) is 0.621. The van der Waals surface area contributed by atoms with E-state index in [9.17, 15) is 13.2 Å². The number of carbonyl (C=O) groups is 1. The summed E-state index contributed by atoms with van der Waals surface area (Å²) in [5.41, 5.74) is 1.68. The average molecular weight is 334 g/mol. The lowest BCUT2D eigenvalue weighted by atomic mass is 10.0. The van der Waals surface area contributed by atoms with E-state index in [1.54, 1.807) is 31.2 Å². The van der Waals surface area contributed by atoms with E-state index in [0.717, 1.165) is 11.1 Å². The summed E-state index contributed by atoms with van der Waals surface area (Å²) in [6, 6.07) is 12.7. The molecule has 1 unspecified atom stereocenters. The van der Waals surface area contributed by atoms with Crippen LogP contribution in [0.5, 0.6) is 5.75 Å². The van der Waals surface area contributed by atoms with Crippen molar-refractivity contribution in [1.29, 1.82) is 0 Å². The van der Waals surface area contributed by atoms with Gasteiger partial charge in [0, 0.05) is 0 Å². The number of ether oxygens (including phenoxy) is 1. The van der Waals surface area contributed by atoms with Crippen molar-refractivity contribution < 1.29 is 22.1 Å². The smallest absolute Gasteiger partial charge is 0.339 e. The summed E-state index contributed by atoms with van der Waals surface area (Å²) >= 11 is 0. The van der Waals surface area contributed by atoms with Crippen molar-refractivity contribution in [1.82, 2.24) is 0 Å². The van der Waals surface area contributed by atoms with Crippen LogP contribution in [-0.4, -0.2) is 21.5 Å². The molecule has 6 heteroatoms. The fraction of sp³-hybridized carbons (Fsp3) is 0.235. The summed E-state index contributed by atoms with van der Waals surface area (Å²) in [5, 5.41) is 0. The molecule has 2 aromatic rings. The molecule has 0 aliphatic heterocycles. The standard InChI is InChI=1S/C17H18O5S/c1-12-4-10-16(11-5-12)23(19,20)22-15-8-6-14(7-9-15)13(2)17(18)21-3/h4-11,13H,1-3H3. The lowest BCUT2D eigenvalue weighted by molar-refractivity contribution is -0.141. The minimum atomic E-state index is -3.88. The number of esters is 1. The van der Waals surface area contributed by atoms with Crippen molar-refractivity contribution >= 4 is 16.1 Å². The second kappa shape index (κ2) is 6.83. The number of aryl methyl sites for hydroxylation is 1. The first-order valence-corrected chi connectivity index (χ1v) is 8.43. The van der Waals surface area contributed by atoms with Crippen molar-refractivity contribution in [2.75, 3.05) is 7.11 Å². The van der Waals surface area contributed by atoms with Gasteiger partial charge in [-0.05, 0) is 43.7 Å². The topological polar surface area (TPSA) is 69.7 Å². The molecule has 122 valence electrons. The van der Waals surface area contributed by atoms with Crippen LogP contribution in [0.4, 0.5) is 0 Å². The zero-order valence-electron chi connectivity index (χ0n) is 13.1. The van der Waals surface area contributed by atoms with E-state index in [0.29, 0.717) is 0 Å². The van der Waals surface area contributed by atoms with Gasteiger partial charge < -0.3 is 8.92 Å². The summed E-state index contributed by atoms with van der Waals surface area (Å²) in [6.07, 6.45) is 0. The fourth-order valence-corrected chi connectivity index (χ4v) is 2.93. The van der Waals surface area contributed by atoms with Crippen LogP contribution < -0.4 is 4.18 Å². The van der Waals surface area contributed by atoms with Gasteiger partial charge in [0.1, 0.15) is 10.6 Å². The summed E-state index contributed by atoms with van der Waals surface area (Å²) in [4.78, 5) is 11.6. The molecule has 1 atom stereocenters. The van der Waals surface area contributed by atoms with Gasteiger partial charge in [0.2, 0.25) is 0 Å². The van der Waals surface area contributed by atoms with Crippen molar-refractivity contribution in [3.8, 4) is 5.75 Å². The van der Waals surface area contributed by atoms with E-state index >= 15 is 0 Å². The predicted octanol–water partition coefficient (Wildman–Crippen LogP) is 3.04. The van der Waals surface area contributed by atoms with Crippen molar-refractivity contribution in [3.05, 3.63) is 59.7 Å². The van der Waals surface area contributed by atoms with Crippen molar-refractivity contribution in [2.45, 2.75) is 24.7 Å². The van der Waals surface area contributed by atoms with Crippen LogP contribution >= 0.6 is 0 Å². The van der Waals surface area contributed by atoms with Crippen LogP contribution in [-0.2, 0) is 19.6 Å². The minimum Gasteiger partial charge on any atom is -0.469 e. The Hall–Kier alpha value is -2.34. The molecule has 2 aromatic carbocycles. The lowest BCUT2D eigenvalue weighted by Gasteiger charge is -2.11.